The van der Waals surface area contributed by atoms with E-state index in [0.29, 0.717) is 36.1 Å². The number of anilines is 1. The first-order valence-corrected chi connectivity index (χ1v) is 10.9. The molecule has 0 bridgehead atoms. The van der Waals surface area contributed by atoms with Crippen molar-refractivity contribution in [1.82, 2.24) is 9.71 Å². The summed E-state index contributed by atoms with van der Waals surface area (Å²) in [7, 11) is -3.77. The SMILES string of the molecule is Cc1oc(-c2ccccc2)nc1C(=O)Nc1cccc(S(=O)(=O)NC2=NCCC2)c1. The van der Waals surface area contributed by atoms with Crippen molar-refractivity contribution >= 4 is 27.5 Å². The molecule has 1 aliphatic heterocycles. The van der Waals surface area contributed by atoms with E-state index in [2.05, 4.69) is 20.0 Å². The van der Waals surface area contributed by atoms with Crippen LogP contribution in [-0.4, -0.2) is 31.7 Å². The molecule has 2 N–H and O–H groups in total. The highest BCUT2D eigenvalue weighted by atomic mass is 32.2. The van der Waals surface area contributed by atoms with Crippen molar-refractivity contribution in [2.75, 3.05) is 11.9 Å². The summed E-state index contributed by atoms with van der Waals surface area (Å²) >= 11 is 0. The lowest BCUT2D eigenvalue weighted by Crippen LogP contribution is -2.29. The molecule has 0 spiro atoms. The van der Waals surface area contributed by atoms with Crippen LogP contribution >= 0.6 is 0 Å². The largest absolute Gasteiger partial charge is 0.441 e. The van der Waals surface area contributed by atoms with E-state index < -0.39 is 15.9 Å². The quantitative estimate of drug-likeness (QED) is 0.652. The molecule has 0 fully saturated rings. The molecule has 4 rings (SSSR count). The summed E-state index contributed by atoms with van der Waals surface area (Å²) in [6, 6.07) is 15.3. The molecule has 1 aromatic heterocycles. The normalized spacial score (nSPS) is 13.7. The molecule has 3 aromatic rings. The van der Waals surface area contributed by atoms with Crippen LogP contribution in [0.25, 0.3) is 11.5 Å². The Balaban J connectivity index is 1.53. The van der Waals surface area contributed by atoms with Crippen molar-refractivity contribution in [3.63, 3.8) is 0 Å². The van der Waals surface area contributed by atoms with Crippen LogP contribution < -0.4 is 10.0 Å². The molecule has 2 heterocycles. The number of oxazole rings is 1. The van der Waals surface area contributed by atoms with E-state index >= 15 is 0 Å². The fourth-order valence-electron chi connectivity index (χ4n) is 3.08. The lowest BCUT2D eigenvalue weighted by Gasteiger charge is -2.09. The summed E-state index contributed by atoms with van der Waals surface area (Å²) in [6.45, 7) is 2.28. The zero-order valence-corrected chi connectivity index (χ0v) is 17.1. The van der Waals surface area contributed by atoms with Crippen LogP contribution in [0, 0.1) is 6.92 Å². The Bertz CT molecular complexity index is 1220. The van der Waals surface area contributed by atoms with Crippen LogP contribution in [0.4, 0.5) is 5.69 Å². The summed E-state index contributed by atoms with van der Waals surface area (Å²) in [5.74, 6) is 0.685. The van der Waals surface area contributed by atoms with Crippen molar-refractivity contribution in [1.29, 1.82) is 0 Å². The molecule has 0 saturated heterocycles. The van der Waals surface area contributed by atoms with E-state index in [1.165, 1.54) is 12.1 Å². The highest BCUT2D eigenvalue weighted by molar-refractivity contribution is 7.90. The third-order valence-corrected chi connectivity index (χ3v) is 5.94. The number of amides is 1. The number of hydrogen-bond acceptors (Lipinski definition) is 6. The second-order valence-electron chi connectivity index (χ2n) is 6.81. The van der Waals surface area contributed by atoms with Crippen molar-refractivity contribution in [3.05, 3.63) is 66.1 Å². The third-order valence-electron chi connectivity index (χ3n) is 4.56. The van der Waals surface area contributed by atoms with Gasteiger partial charge in [0.2, 0.25) is 5.89 Å². The third kappa shape index (κ3) is 4.25. The Hall–Kier alpha value is -3.46. The number of nitrogens with one attached hydrogen (secondary N) is 2. The average Bonchev–Trinajstić information content (AvgIpc) is 3.38. The first-order chi connectivity index (χ1) is 14.4. The molecular weight excluding hydrogens is 404 g/mol. The summed E-state index contributed by atoms with van der Waals surface area (Å²) < 4.78 is 33.3. The maximum absolute atomic E-state index is 12.7. The summed E-state index contributed by atoms with van der Waals surface area (Å²) in [5, 5.41) is 2.69. The Morgan fingerprint density at radius 3 is 2.63 bits per heavy atom. The number of aliphatic imine (C=N–C) groups is 1. The Morgan fingerprint density at radius 2 is 1.90 bits per heavy atom. The van der Waals surface area contributed by atoms with Crippen LogP contribution in [0.2, 0.25) is 0 Å². The number of hydrogen-bond donors (Lipinski definition) is 2. The lowest BCUT2D eigenvalue weighted by atomic mass is 10.2. The summed E-state index contributed by atoms with van der Waals surface area (Å²) in [5.41, 5.74) is 1.23. The number of aromatic nitrogens is 1. The van der Waals surface area contributed by atoms with Crippen LogP contribution in [0.15, 0.2) is 68.9 Å². The predicted molar refractivity (Wildman–Crippen MR) is 113 cm³/mol. The Morgan fingerprint density at radius 1 is 1.10 bits per heavy atom. The van der Waals surface area contributed by atoms with Gasteiger partial charge in [0.25, 0.3) is 15.9 Å². The van der Waals surface area contributed by atoms with Gasteiger partial charge in [-0.2, -0.15) is 0 Å². The maximum Gasteiger partial charge on any atom is 0.277 e. The van der Waals surface area contributed by atoms with Crippen molar-refractivity contribution in [2.24, 2.45) is 4.99 Å². The van der Waals surface area contributed by atoms with E-state index in [-0.39, 0.29) is 10.6 Å². The van der Waals surface area contributed by atoms with Crippen LogP contribution in [-0.2, 0) is 10.0 Å². The highest BCUT2D eigenvalue weighted by Gasteiger charge is 2.21. The van der Waals surface area contributed by atoms with Gasteiger partial charge in [-0.05, 0) is 43.7 Å². The van der Waals surface area contributed by atoms with Crippen molar-refractivity contribution in [3.8, 4) is 11.5 Å². The van der Waals surface area contributed by atoms with Crippen LogP contribution in [0.5, 0.6) is 0 Å². The second-order valence-corrected chi connectivity index (χ2v) is 8.49. The lowest BCUT2D eigenvalue weighted by molar-refractivity contribution is 0.102. The number of sulfonamides is 1. The molecule has 8 nitrogen and oxygen atoms in total. The predicted octanol–water partition coefficient (Wildman–Crippen LogP) is 3.37. The zero-order chi connectivity index (χ0) is 21.1. The van der Waals surface area contributed by atoms with Gasteiger partial charge in [0.05, 0.1) is 4.90 Å². The number of carbonyl (C=O) groups is 1. The van der Waals surface area contributed by atoms with Gasteiger partial charge in [-0.15, -0.1) is 0 Å². The summed E-state index contributed by atoms with van der Waals surface area (Å²) in [4.78, 5) is 21.2. The van der Waals surface area contributed by atoms with E-state index in [4.69, 9.17) is 4.42 Å². The molecular formula is C21H20N4O4S. The number of amidine groups is 1. The van der Waals surface area contributed by atoms with Crippen LogP contribution in [0.1, 0.15) is 29.1 Å². The standard InChI is InChI=1S/C21H20N4O4S/c1-14-19(24-21(29-14)15-7-3-2-4-8-15)20(26)23-16-9-5-10-17(13-16)30(27,28)25-18-11-6-12-22-18/h2-5,7-10,13H,6,11-12H2,1H3,(H,22,25)(H,23,26). The van der Waals surface area contributed by atoms with E-state index in [9.17, 15) is 13.2 Å². The fraction of sp³-hybridized carbons (Fsp3) is 0.190. The number of aryl methyl sites for hydroxylation is 1. The molecule has 0 atom stereocenters. The van der Waals surface area contributed by atoms with Gasteiger partial charge in [-0.3, -0.25) is 14.5 Å². The number of nitrogens with zero attached hydrogens (tertiary/aromatic N) is 2. The van der Waals surface area contributed by atoms with Gasteiger partial charge in [-0.25, -0.2) is 13.4 Å². The van der Waals surface area contributed by atoms with Crippen molar-refractivity contribution < 1.29 is 17.6 Å². The molecule has 0 unspecified atom stereocenters. The number of rotatable bonds is 5. The van der Waals surface area contributed by atoms with Gasteiger partial charge in [-0.1, -0.05) is 24.3 Å². The maximum atomic E-state index is 12.7. The van der Waals surface area contributed by atoms with Crippen LogP contribution in [0.3, 0.4) is 0 Å². The Labute approximate surface area is 174 Å². The zero-order valence-electron chi connectivity index (χ0n) is 16.3. The molecule has 0 aliphatic carbocycles. The topological polar surface area (TPSA) is 114 Å². The average molecular weight is 424 g/mol. The van der Waals surface area contributed by atoms with Crippen molar-refractivity contribution in [2.45, 2.75) is 24.7 Å². The highest BCUT2D eigenvalue weighted by Crippen LogP contribution is 2.23. The molecule has 2 aromatic carbocycles. The number of carbonyl (C=O) groups excluding carboxylic acids is 1. The first kappa shape index (κ1) is 19.8. The van der Waals surface area contributed by atoms with Gasteiger partial charge in [0.1, 0.15) is 11.6 Å². The van der Waals surface area contributed by atoms with E-state index in [1.54, 1.807) is 19.1 Å². The molecule has 9 heteroatoms. The van der Waals surface area contributed by atoms with Gasteiger partial charge < -0.3 is 9.73 Å². The monoisotopic (exact) mass is 424 g/mol. The minimum atomic E-state index is -3.77. The molecule has 0 saturated carbocycles. The minimum absolute atomic E-state index is 0.0387. The smallest absolute Gasteiger partial charge is 0.277 e. The summed E-state index contributed by atoms with van der Waals surface area (Å²) in [6.07, 6.45) is 1.43. The van der Waals surface area contributed by atoms with Gasteiger partial charge in [0.15, 0.2) is 5.69 Å². The van der Waals surface area contributed by atoms with E-state index in [0.717, 1.165) is 12.0 Å². The molecule has 30 heavy (non-hydrogen) atoms. The first-order valence-electron chi connectivity index (χ1n) is 9.43. The van der Waals surface area contributed by atoms with E-state index in [1.807, 2.05) is 30.3 Å². The minimum Gasteiger partial charge on any atom is -0.441 e. The molecule has 0 radical (unpaired) electrons. The number of benzene rings is 2. The fourth-order valence-corrected chi connectivity index (χ4v) is 4.21. The Kier molecular flexibility index (Phi) is 5.37. The molecule has 1 aliphatic rings. The van der Waals surface area contributed by atoms with Gasteiger partial charge >= 0.3 is 0 Å². The van der Waals surface area contributed by atoms with Gasteiger partial charge in [0, 0.05) is 24.2 Å². The molecule has 1 amide bonds. The molecule has 154 valence electrons. The second kappa shape index (κ2) is 8.11.